The third-order valence-electron chi connectivity index (χ3n) is 1.40. The minimum absolute atomic E-state index is 0.199. The molecule has 0 amide bonds. The molecular weight excluding hydrogens is 238 g/mol. The Balaban J connectivity index is 2.66. The summed E-state index contributed by atoms with van der Waals surface area (Å²) in [6, 6.07) is 0. The van der Waals surface area contributed by atoms with E-state index in [4.69, 9.17) is 4.74 Å². The summed E-state index contributed by atoms with van der Waals surface area (Å²) in [7, 11) is 1.61. The lowest BCUT2D eigenvalue weighted by atomic mass is 10.5. The molecule has 0 fully saturated rings. The van der Waals surface area contributed by atoms with Crippen molar-refractivity contribution in [1.82, 2.24) is 9.97 Å². The third kappa shape index (κ3) is 2.82. The summed E-state index contributed by atoms with van der Waals surface area (Å²) >= 11 is 3.12. The monoisotopic (exact) mass is 247 g/mol. The van der Waals surface area contributed by atoms with Crippen LogP contribution in [0.5, 0.6) is 0 Å². The SMILES string of the molecule is COCCNc1nc[nH]c(=O)c1Br. The second-order valence-electron chi connectivity index (χ2n) is 2.31. The van der Waals surface area contributed by atoms with Gasteiger partial charge in [-0.25, -0.2) is 4.98 Å². The van der Waals surface area contributed by atoms with Gasteiger partial charge in [0.25, 0.3) is 5.56 Å². The fourth-order valence-electron chi connectivity index (χ4n) is 0.778. The Bertz CT molecular complexity index is 326. The molecule has 1 aromatic heterocycles. The zero-order chi connectivity index (χ0) is 9.68. The maximum atomic E-state index is 11.1. The molecule has 0 spiro atoms. The quantitative estimate of drug-likeness (QED) is 0.765. The fraction of sp³-hybridized carbons (Fsp3) is 0.429. The summed E-state index contributed by atoms with van der Waals surface area (Å²) in [4.78, 5) is 17.4. The first-order chi connectivity index (χ1) is 6.25. The van der Waals surface area contributed by atoms with Crippen LogP contribution in [0.4, 0.5) is 5.82 Å². The first kappa shape index (κ1) is 10.2. The molecule has 6 heteroatoms. The summed E-state index contributed by atoms with van der Waals surface area (Å²) in [5.41, 5.74) is -0.199. The fourth-order valence-corrected chi connectivity index (χ4v) is 1.13. The molecule has 0 radical (unpaired) electrons. The van der Waals surface area contributed by atoms with Gasteiger partial charge in [-0.15, -0.1) is 0 Å². The molecule has 0 bridgehead atoms. The zero-order valence-corrected chi connectivity index (χ0v) is 8.72. The molecule has 2 N–H and O–H groups in total. The number of anilines is 1. The number of hydrogen-bond donors (Lipinski definition) is 2. The Morgan fingerprint density at radius 1 is 1.77 bits per heavy atom. The number of H-pyrrole nitrogens is 1. The summed E-state index contributed by atoms with van der Waals surface area (Å²) in [5, 5.41) is 2.95. The Kier molecular flexibility index (Phi) is 3.91. The first-order valence-electron chi connectivity index (χ1n) is 3.71. The number of nitrogens with one attached hydrogen (secondary N) is 2. The van der Waals surface area contributed by atoms with Crippen molar-refractivity contribution in [2.75, 3.05) is 25.6 Å². The third-order valence-corrected chi connectivity index (χ3v) is 2.13. The summed E-state index contributed by atoms with van der Waals surface area (Å²) < 4.78 is 5.25. The molecule has 1 rings (SSSR count). The van der Waals surface area contributed by atoms with Crippen LogP contribution in [0.1, 0.15) is 0 Å². The second kappa shape index (κ2) is 4.98. The van der Waals surface area contributed by atoms with Crippen LogP contribution in [-0.2, 0) is 4.74 Å². The highest BCUT2D eigenvalue weighted by atomic mass is 79.9. The lowest BCUT2D eigenvalue weighted by Gasteiger charge is -2.04. The lowest BCUT2D eigenvalue weighted by Crippen LogP contribution is -2.14. The van der Waals surface area contributed by atoms with Gasteiger partial charge >= 0.3 is 0 Å². The van der Waals surface area contributed by atoms with Crippen molar-refractivity contribution in [2.45, 2.75) is 0 Å². The topological polar surface area (TPSA) is 67.0 Å². The van der Waals surface area contributed by atoms with E-state index >= 15 is 0 Å². The van der Waals surface area contributed by atoms with Crippen LogP contribution in [0, 0.1) is 0 Å². The molecule has 0 aliphatic heterocycles. The number of halogens is 1. The minimum atomic E-state index is -0.199. The summed E-state index contributed by atoms with van der Waals surface area (Å²) in [6.07, 6.45) is 1.35. The van der Waals surface area contributed by atoms with E-state index in [-0.39, 0.29) is 5.56 Å². The van der Waals surface area contributed by atoms with Crippen molar-refractivity contribution in [2.24, 2.45) is 0 Å². The average molecular weight is 248 g/mol. The number of nitrogens with zero attached hydrogens (tertiary/aromatic N) is 1. The summed E-state index contributed by atoms with van der Waals surface area (Å²) in [5.74, 6) is 0.529. The molecule has 0 aromatic carbocycles. The van der Waals surface area contributed by atoms with Gasteiger partial charge in [0, 0.05) is 13.7 Å². The molecule has 0 unspecified atom stereocenters. The van der Waals surface area contributed by atoms with Gasteiger partial charge in [0.1, 0.15) is 10.3 Å². The highest BCUT2D eigenvalue weighted by Gasteiger charge is 2.02. The van der Waals surface area contributed by atoms with Gasteiger partial charge in [-0.05, 0) is 15.9 Å². The second-order valence-corrected chi connectivity index (χ2v) is 3.11. The molecule has 0 aliphatic carbocycles. The van der Waals surface area contributed by atoms with Crippen LogP contribution in [0.15, 0.2) is 15.6 Å². The normalized spacial score (nSPS) is 10.0. The van der Waals surface area contributed by atoms with Crippen LogP contribution in [-0.4, -0.2) is 30.2 Å². The number of methoxy groups -OCH3 is 1. The molecule has 1 heterocycles. The van der Waals surface area contributed by atoms with Crippen molar-refractivity contribution in [3.63, 3.8) is 0 Å². The standard InChI is InChI=1S/C7H10BrN3O2/c1-13-3-2-9-6-5(8)7(12)11-4-10-6/h4H,2-3H2,1H3,(H2,9,10,11,12). The van der Waals surface area contributed by atoms with Crippen molar-refractivity contribution < 1.29 is 4.74 Å². The molecule has 13 heavy (non-hydrogen) atoms. The average Bonchev–Trinajstić information content (AvgIpc) is 2.13. The highest BCUT2D eigenvalue weighted by molar-refractivity contribution is 9.10. The van der Waals surface area contributed by atoms with Crippen molar-refractivity contribution >= 4 is 21.7 Å². The maximum absolute atomic E-state index is 11.1. The van der Waals surface area contributed by atoms with Crippen molar-refractivity contribution in [1.29, 1.82) is 0 Å². The van der Waals surface area contributed by atoms with Gasteiger partial charge in [-0.3, -0.25) is 4.79 Å². The van der Waals surface area contributed by atoms with Crippen LogP contribution in [0.2, 0.25) is 0 Å². The van der Waals surface area contributed by atoms with Crippen LogP contribution < -0.4 is 10.9 Å². The van der Waals surface area contributed by atoms with Gasteiger partial charge < -0.3 is 15.0 Å². The van der Waals surface area contributed by atoms with Gasteiger partial charge in [0.05, 0.1) is 12.9 Å². The molecule has 5 nitrogen and oxygen atoms in total. The Morgan fingerprint density at radius 3 is 3.23 bits per heavy atom. The smallest absolute Gasteiger partial charge is 0.267 e. The van der Waals surface area contributed by atoms with Crippen molar-refractivity contribution in [3.05, 3.63) is 21.2 Å². The van der Waals surface area contributed by atoms with Gasteiger partial charge in [0.15, 0.2) is 0 Å². The number of rotatable bonds is 4. The molecule has 0 saturated heterocycles. The summed E-state index contributed by atoms with van der Waals surface area (Å²) in [6.45, 7) is 1.19. The molecular formula is C7H10BrN3O2. The highest BCUT2D eigenvalue weighted by Crippen LogP contribution is 2.12. The van der Waals surface area contributed by atoms with E-state index in [1.807, 2.05) is 0 Å². The largest absolute Gasteiger partial charge is 0.383 e. The Morgan fingerprint density at radius 2 is 2.54 bits per heavy atom. The predicted molar refractivity (Wildman–Crippen MR) is 52.9 cm³/mol. The van der Waals surface area contributed by atoms with Gasteiger partial charge in [0.2, 0.25) is 0 Å². The van der Waals surface area contributed by atoms with E-state index < -0.39 is 0 Å². The molecule has 0 aliphatic rings. The van der Waals surface area contributed by atoms with Gasteiger partial charge in [-0.1, -0.05) is 0 Å². The lowest BCUT2D eigenvalue weighted by molar-refractivity contribution is 0.210. The van der Waals surface area contributed by atoms with E-state index in [1.54, 1.807) is 7.11 Å². The van der Waals surface area contributed by atoms with Gasteiger partial charge in [-0.2, -0.15) is 0 Å². The van der Waals surface area contributed by atoms with E-state index in [2.05, 4.69) is 31.2 Å². The number of aromatic amines is 1. The van der Waals surface area contributed by atoms with Crippen molar-refractivity contribution in [3.8, 4) is 0 Å². The predicted octanol–water partition coefficient (Wildman–Crippen LogP) is 0.591. The van der Waals surface area contributed by atoms with E-state index in [9.17, 15) is 4.79 Å². The van der Waals surface area contributed by atoms with Crippen LogP contribution >= 0.6 is 15.9 Å². The molecule has 0 saturated carbocycles. The van der Waals surface area contributed by atoms with Crippen LogP contribution in [0.25, 0.3) is 0 Å². The molecule has 1 aromatic rings. The first-order valence-corrected chi connectivity index (χ1v) is 4.51. The van der Waals surface area contributed by atoms with Crippen LogP contribution in [0.3, 0.4) is 0 Å². The molecule has 72 valence electrons. The Labute approximate surface area is 83.7 Å². The maximum Gasteiger partial charge on any atom is 0.267 e. The minimum Gasteiger partial charge on any atom is -0.383 e. The number of aromatic nitrogens is 2. The van der Waals surface area contributed by atoms with E-state index in [1.165, 1.54) is 6.33 Å². The zero-order valence-electron chi connectivity index (χ0n) is 7.13. The Hall–Kier alpha value is -0.880. The van der Waals surface area contributed by atoms with E-state index in [0.29, 0.717) is 23.4 Å². The molecule has 0 atom stereocenters. The number of hydrogen-bond acceptors (Lipinski definition) is 4. The number of ether oxygens (including phenoxy) is 1. The van der Waals surface area contributed by atoms with E-state index in [0.717, 1.165) is 0 Å².